The monoisotopic (exact) mass is 167 g/mol. The summed E-state index contributed by atoms with van der Waals surface area (Å²) in [5, 5.41) is 11.9. The van der Waals surface area contributed by atoms with Crippen LogP contribution in [0.15, 0.2) is 0 Å². The summed E-state index contributed by atoms with van der Waals surface area (Å²) in [4.78, 5) is 0. The Kier molecular flexibility index (Phi) is 4.99. The summed E-state index contributed by atoms with van der Waals surface area (Å²) < 4.78 is 5.26. The van der Waals surface area contributed by atoms with Crippen molar-refractivity contribution in [3.8, 4) is 0 Å². The molecule has 1 saturated heterocycles. The molecule has 2 atom stereocenters. The van der Waals surface area contributed by atoms with E-state index >= 15 is 0 Å². The molecular formula is C6H14ClNO2. The van der Waals surface area contributed by atoms with Crippen molar-refractivity contribution in [1.29, 1.82) is 0 Å². The van der Waals surface area contributed by atoms with E-state index in [1.165, 1.54) is 0 Å². The van der Waals surface area contributed by atoms with Gasteiger partial charge < -0.3 is 15.2 Å². The number of nitrogens with one attached hydrogen (secondary N) is 1. The molecule has 0 radical (unpaired) electrons. The third kappa shape index (κ3) is 2.42. The Morgan fingerprint density at radius 2 is 2.40 bits per heavy atom. The van der Waals surface area contributed by atoms with Crippen molar-refractivity contribution < 1.29 is 9.84 Å². The van der Waals surface area contributed by atoms with E-state index in [-0.39, 0.29) is 31.2 Å². The van der Waals surface area contributed by atoms with Crippen molar-refractivity contribution >= 4 is 12.4 Å². The molecule has 10 heavy (non-hydrogen) atoms. The molecular weight excluding hydrogens is 154 g/mol. The lowest BCUT2D eigenvalue weighted by molar-refractivity contribution is -0.00795. The first-order valence-corrected chi connectivity index (χ1v) is 3.30. The Labute approximate surface area is 67.2 Å². The normalized spacial score (nSPS) is 33.0. The molecule has 0 aromatic heterocycles. The summed E-state index contributed by atoms with van der Waals surface area (Å²) in [5.41, 5.74) is 0. The fraction of sp³-hybridized carbons (Fsp3) is 1.00. The van der Waals surface area contributed by atoms with Crippen LogP contribution in [0.5, 0.6) is 0 Å². The van der Waals surface area contributed by atoms with Gasteiger partial charge in [0.15, 0.2) is 0 Å². The van der Waals surface area contributed by atoms with E-state index < -0.39 is 0 Å². The second kappa shape index (κ2) is 4.91. The van der Waals surface area contributed by atoms with Gasteiger partial charge in [0.25, 0.3) is 0 Å². The van der Waals surface area contributed by atoms with Crippen molar-refractivity contribution in [3.05, 3.63) is 0 Å². The molecule has 0 unspecified atom stereocenters. The van der Waals surface area contributed by atoms with Gasteiger partial charge in [-0.25, -0.2) is 0 Å². The van der Waals surface area contributed by atoms with Crippen LogP contribution in [0.1, 0.15) is 6.92 Å². The zero-order chi connectivity index (χ0) is 6.69. The molecule has 1 aliphatic rings. The maximum Gasteiger partial charge on any atom is 0.0723 e. The number of hydrogen-bond donors (Lipinski definition) is 2. The number of aliphatic hydroxyl groups is 1. The standard InChI is InChI=1S/C6H13NO2.ClH/c1-5-6(4-8)7-2-3-9-5;/h5-8H,2-4H2,1H3;1H/t5-,6-;/m1./s1. The van der Waals surface area contributed by atoms with Gasteiger partial charge in [0, 0.05) is 6.54 Å². The van der Waals surface area contributed by atoms with Crippen LogP contribution in [0, 0.1) is 0 Å². The highest BCUT2D eigenvalue weighted by atomic mass is 35.5. The molecule has 0 bridgehead atoms. The van der Waals surface area contributed by atoms with Crippen LogP contribution in [0.3, 0.4) is 0 Å². The lowest BCUT2D eigenvalue weighted by atomic mass is 10.2. The highest BCUT2D eigenvalue weighted by molar-refractivity contribution is 5.85. The molecule has 2 N–H and O–H groups in total. The first-order valence-electron chi connectivity index (χ1n) is 3.30. The van der Waals surface area contributed by atoms with Crippen molar-refractivity contribution in [2.24, 2.45) is 0 Å². The first kappa shape index (κ1) is 10.2. The smallest absolute Gasteiger partial charge is 0.0723 e. The Morgan fingerprint density at radius 1 is 1.70 bits per heavy atom. The largest absolute Gasteiger partial charge is 0.395 e. The minimum absolute atomic E-state index is 0. The number of ether oxygens (including phenoxy) is 1. The summed E-state index contributed by atoms with van der Waals surface area (Å²) >= 11 is 0. The van der Waals surface area contributed by atoms with Crippen LogP contribution in [-0.4, -0.2) is 37.0 Å². The maximum atomic E-state index is 8.72. The quantitative estimate of drug-likeness (QED) is 0.568. The highest BCUT2D eigenvalue weighted by Crippen LogP contribution is 2.01. The van der Waals surface area contributed by atoms with Crippen LogP contribution < -0.4 is 5.32 Å². The molecule has 1 fully saturated rings. The molecule has 3 nitrogen and oxygen atoms in total. The summed E-state index contributed by atoms with van der Waals surface area (Å²) in [6.45, 7) is 3.75. The van der Waals surface area contributed by atoms with E-state index in [1.54, 1.807) is 0 Å². The molecule has 0 saturated carbocycles. The van der Waals surface area contributed by atoms with Gasteiger partial charge in [-0.05, 0) is 6.92 Å². The molecule has 0 aromatic carbocycles. The van der Waals surface area contributed by atoms with Crippen molar-refractivity contribution in [1.82, 2.24) is 5.32 Å². The zero-order valence-electron chi connectivity index (χ0n) is 6.04. The second-order valence-corrected chi connectivity index (χ2v) is 2.32. The average Bonchev–Trinajstić information content (AvgIpc) is 1.89. The molecule has 1 heterocycles. The summed E-state index contributed by atoms with van der Waals surface area (Å²) in [5.74, 6) is 0. The predicted octanol–water partition coefficient (Wildman–Crippen LogP) is -0.223. The summed E-state index contributed by atoms with van der Waals surface area (Å²) in [6, 6.07) is 0.138. The Balaban J connectivity index is 0.000000810. The molecule has 0 spiro atoms. The van der Waals surface area contributed by atoms with E-state index in [4.69, 9.17) is 9.84 Å². The fourth-order valence-electron chi connectivity index (χ4n) is 0.984. The Hall–Kier alpha value is 0.170. The lowest BCUT2D eigenvalue weighted by Crippen LogP contribution is -2.48. The molecule has 1 rings (SSSR count). The summed E-state index contributed by atoms with van der Waals surface area (Å²) in [7, 11) is 0. The molecule has 0 amide bonds. The van der Waals surface area contributed by atoms with Crippen LogP contribution in [0.4, 0.5) is 0 Å². The van der Waals surface area contributed by atoms with Gasteiger partial charge in [-0.1, -0.05) is 0 Å². The van der Waals surface area contributed by atoms with Gasteiger partial charge in [-0.15, -0.1) is 12.4 Å². The third-order valence-corrected chi connectivity index (χ3v) is 1.65. The number of aliphatic hydroxyl groups excluding tert-OH is 1. The highest BCUT2D eigenvalue weighted by Gasteiger charge is 2.19. The van der Waals surface area contributed by atoms with Crippen molar-refractivity contribution in [3.63, 3.8) is 0 Å². The molecule has 62 valence electrons. The molecule has 1 aliphatic heterocycles. The van der Waals surface area contributed by atoms with Gasteiger partial charge in [-0.2, -0.15) is 0 Å². The minimum atomic E-state index is 0. The van der Waals surface area contributed by atoms with Gasteiger partial charge in [0.2, 0.25) is 0 Å². The number of morpholine rings is 1. The second-order valence-electron chi connectivity index (χ2n) is 2.32. The number of rotatable bonds is 1. The SMILES string of the molecule is C[C@H]1OCCN[C@@H]1CO.Cl. The van der Waals surface area contributed by atoms with Gasteiger partial charge in [0.1, 0.15) is 0 Å². The van der Waals surface area contributed by atoms with E-state index in [1.807, 2.05) is 6.92 Å². The van der Waals surface area contributed by atoms with Gasteiger partial charge >= 0.3 is 0 Å². The fourth-order valence-corrected chi connectivity index (χ4v) is 0.984. The van der Waals surface area contributed by atoms with E-state index in [0.29, 0.717) is 0 Å². The van der Waals surface area contributed by atoms with Crippen LogP contribution >= 0.6 is 12.4 Å². The van der Waals surface area contributed by atoms with E-state index in [9.17, 15) is 0 Å². The first-order chi connectivity index (χ1) is 4.34. The van der Waals surface area contributed by atoms with Crippen molar-refractivity contribution in [2.45, 2.75) is 19.1 Å². The van der Waals surface area contributed by atoms with Gasteiger partial charge in [0.05, 0.1) is 25.4 Å². The van der Waals surface area contributed by atoms with Crippen LogP contribution in [-0.2, 0) is 4.74 Å². The molecule has 4 heteroatoms. The molecule has 0 aliphatic carbocycles. The zero-order valence-corrected chi connectivity index (χ0v) is 6.86. The van der Waals surface area contributed by atoms with E-state index in [2.05, 4.69) is 5.32 Å². The number of hydrogen-bond acceptors (Lipinski definition) is 3. The lowest BCUT2D eigenvalue weighted by Gasteiger charge is -2.28. The predicted molar refractivity (Wildman–Crippen MR) is 41.5 cm³/mol. The van der Waals surface area contributed by atoms with Gasteiger partial charge in [-0.3, -0.25) is 0 Å². The van der Waals surface area contributed by atoms with Crippen molar-refractivity contribution in [2.75, 3.05) is 19.8 Å². The Morgan fingerprint density at radius 3 is 2.80 bits per heavy atom. The average molecular weight is 168 g/mol. The van der Waals surface area contributed by atoms with E-state index in [0.717, 1.165) is 13.2 Å². The van der Waals surface area contributed by atoms with Crippen LogP contribution in [0.25, 0.3) is 0 Å². The molecule has 0 aromatic rings. The summed E-state index contributed by atoms with van der Waals surface area (Å²) in [6.07, 6.45) is 0.156. The third-order valence-electron chi connectivity index (χ3n) is 1.65. The van der Waals surface area contributed by atoms with Crippen LogP contribution in [0.2, 0.25) is 0 Å². The minimum Gasteiger partial charge on any atom is -0.395 e. The number of halogens is 1. The topological polar surface area (TPSA) is 41.5 Å². The maximum absolute atomic E-state index is 8.72. The Bertz CT molecular complexity index is 91.8.